The average Bonchev–Trinajstić information content (AvgIpc) is 3.15. The summed E-state index contributed by atoms with van der Waals surface area (Å²) in [4.78, 5) is 26.8. The van der Waals surface area contributed by atoms with Gasteiger partial charge in [-0.15, -0.1) is 11.8 Å². The molecule has 1 atom stereocenters. The molecule has 30 heavy (non-hydrogen) atoms. The molecule has 1 N–H and O–H groups in total. The number of amides is 2. The van der Waals surface area contributed by atoms with Gasteiger partial charge >= 0.3 is 0 Å². The first kappa shape index (κ1) is 20.5. The van der Waals surface area contributed by atoms with E-state index < -0.39 is 0 Å². The third kappa shape index (κ3) is 4.37. The number of benzene rings is 3. The molecule has 152 valence electrons. The quantitative estimate of drug-likeness (QED) is 0.539. The molecule has 1 aliphatic rings. The average molecular weight is 437 g/mol. The summed E-state index contributed by atoms with van der Waals surface area (Å²) in [6, 6.07) is 22.6. The van der Waals surface area contributed by atoms with E-state index >= 15 is 0 Å². The maximum atomic E-state index is 12.5. The van der Waals surface area contributed by atoms with Gasteiger partial charge in [0.2, 0.25) is 5.91 Å². The Balaban J connectivity index is 1.51. The Hall–Kier alpha value is -2.76. The Morgan fingerprint density at radius 3 is 2.50 bits per heavy atom. The zero-order valence-electron chi connectivity index (χ0n) is 16.5. The van der Waals surface area contributed by atoms with Crippen molar-refractivity contribution in [2.24, 2.45) is 0 Å². The van der Waals surface area contributed by atoms with E-state index in [1.165, 1.54) is 5.56 Å². The summed E-state index contributed by atoms with van der Waals surface area (Å²) in [6.45, 7) is 2.11. The Morgan fingerprint density at radius 1 is 1.10 bits per heavy atom. The topological polar surface area (TPSA) is 49.4 Å². The Labute approximate surface area is 185 Å². The number of nitrogens with one attached hydrogen (secondary N) is 1. The SMILES string of the molecule is CCc1ccc(N2C(=O)CS[C@H]2c2ccc(NC(=O)c3cccc(Cl)c3)cc2)cc1. The molecule has 1 heterocycles. The van der Waals surface area contributed by atoms with E-state index in [1.54, 1.807) is 36.0 Å². The number of hydrogen-bond acceptors (Lipinski definition) is 3. The number of aryl methyl sites for hydroxylation is 1. The van der Waals surface area contributed by atoms with E-state index in [0.29, 0.717) is 22.0 Å². The standard InChI is InChI=1S/C24H21ClN2O2S/c1-2-16-6-12-21(13-7-16)27-22(28)15-30-24(27)17-8-10-20(11-9-17)26-23(29)18-4-3-5-19(25)14-18/h3-14,24H,2,15H2,1H3,(H,26,29)/t24-/m0/s1. The molecular formula is C24H21ClN2O2S. The number of thioether (sulfide) groups is 1. The lowest BCUT2D eigenvalue weighted by Gasteiger charge is -2.24. The van der Waals surface area contributed by atoms with Gasteiger partial charge in [-0.1, -0.05) is 48.9 Å². The fourth-order valence-corrected chi connectivity index (χ4v) is 4.77. The number of carbonyl (C=O) groups is 2. The van der Waals surface area contributed by atoms with Crippen molar-refractivity contribution in [2.45, 2.75) is 18.7 Å². The third-order valence-electron chi connectivity index (χ3n) is 5.03. The van der Waals surface area contributed by atoms with Crippen LogP contribution in [0.4, 0.5) is 11.4 Å². The fourth-order valence-electron chi connectivity index (χ4n) is 3.41. The van der Waals surface area contributed by atoms with Crippen molar-refractivity contribution in [3.05, 3.63) is 94.5 Å². The predicted molar refractivity (Wildman–Crippen MR) is 124 cm³/mol. The maximum Gasteiger partial charge on any atom is 0.255 e. The third-order valence-corrected chi connectivity index (χ3v) is 6.48. The summed E-state index contributed by atoms with van der Waals surface area (Å²) in [5.41, 5.74) is 4.37. The normalized spacial score (nSPS) is 16.0. The number of nitrogens with zero attached hydrogens (tertiary/aromatic N) is 1. The number of carbonyl (C=O) groups excluding carboxylic acids is 2. The van der Waals surface area contributed by atoms with E-state index in [0.717, 1.165) is 17.7 Å². The summed E-state index contributed by atoms with van der Waals surface area (Å²) < 4.78 is 0. The molecule has 0 aliphatic carbocycles. The highest BCUT2D eigenvalue weighted by Crippen LogP contribution is 2.42. The second-order valence-electron chi connectivity index (χ2n) is 7.03. The minimum atomic E-state index is -0.215. The van der Waals surface area contributed by atoms with Gasteiger partial charge in [-0.05, 0) is 60.0 Å². The summed E-state index contributed by atoms with van der Waals surface area (Å²) in [5, 5.41) is 3.32. The first-order valence-electron chi connectivity index (χ1n) is 9.74. The first-order chi connectivity index (χ1) is 14.5. The van der Waals surface area contributed by atoms with Crippen LogP contribution in [0.3, 0.4) is 0 Å². The molecule has 1 fully saturated rings. The van der Waals surface area contributed by atoms with Crippen LogP contribution in [0.15, 0.2) is 72.8 Å². The van der Waals surface area contributed by atoms with Crippen LogP contribution in [0.1, 0.15) is 33.8 Å². The molecule has 0 unspecified atom stereocenters. The summed E-state index contributed by atoms with van der Waals surface area (Å²) in [5.74, 6) is 0.342. The van der Waals surface area contributed by atoms with E-state index in [9.17, 15) is 9.59 Å². The zero-order valence-corrected chi connectivity index (χ0v) is 18.0. The summed E-state index contributed by atoms with van der Waals surface area (Å²) in [7, 11) is 0. The van der Waals surface area contributed by atoms with Gasteiger partial charge in [0.15, 0.2) is 0 Å². The molecule has 6 heteroatoms. The van der Waals surface area contributed by atoms with E-state index in [2.05, 4.69) is 24.4 Å². The molecule has 1 aliphatic heterocycles. The Bertz CT molecular complexity index is 1070. The number of rotatable bonds is 5. The van der Waals surface area contributed by atoms with Gasteiger partial charge in [-0.3, -0.25) is 14.5 Å². The van der Waals surface area contributed by atoms with Crippen LogP contribution in [-0.2, 0) is 11.2 Å². The van der Waals surface area contributed by atoms with Crippen LogP contribution in [-0.4, -0.2) is 17.6 Å². The largest absolute Gasteiger partial charge is 0.322 e. The van der Waals surface area contributed by atoms with Gasteiger partial charge < -0.3 is 5.32 Å². The molecule has 1 saturated heterocycles. The smallest absolute Gasteiger partial charge is 0.255 e. The number of anilines is 2. The second kappa shape index (κ2) is 8.94. The highest BCUT2D eigenvalue weighted by Gasteiger charge is 2.33. The van der Waals surface area contributed by atoms with Crippen LogP contribution in [0.5, 0.6) is 0 Å². The van der Waals surface area contributed by atoms with Crippen molar-refractivity contribution < 1.29 is 9.59 Å². The van der Waals surface area contributed by atoms with Gasteiger partial charge in [0.05, 0.1) is 5.75 Å². The summed E-state index contributed by atoms with van der Waals surface area (Å²) in [6.07, 6.45) is 0.967. The van der Waals surface area contributed by atoms with Crippen molar-refractivity contribution in [2.75, 3.05) is 16.0 Å². The van der Waals surface area contributed by atoms with Crippen LogP contribution < -0.4 is 10.2 Å². The second-order valence-corrected chi connectivity index (χ2v) is 8.54. The van der Waals surface area contributed by atoms with Gasteiger partial charge in [-0.2, -0.15) is 0 Å². The zero-order chi connectivity index (χ0) is 21.1. The van der Waals surface area contributed by atoms with Crippen molar-refractivity contribution in [3.8, 4) is 0 Å². The molecule has 0 bridgehead atoms. The van der Waals surface area contributed by atoms with Gasteiger partial charge in [-0.25, -0.2) is 0 Å². The Kier molecular flexibility index (Phi) is 6.11. The lowest BCUT2D eigenvalue weighted by atomic mass is 10.1. The monoisotopic (exact) mass is 436 g/mol. The van der Waals surface area contributed by atoms with Crippen LogP contribution >= 0.6 is 23.4 Å². The molecule has 0 radical (unpaired) electrons. The molecule has 4 nitrogen and oxygen atoms in total. The molecule has 0 spiro atoms. The van der Waals surface area contributed by atoms with Gasteiger partial charge in [0.1, 0.15) is 5.37 Å². The van der Waals surface area contributed by atoms with Crippen molar-refractivity contribution in [3.63, 3.8) is 0 Å². The van der Waals surface area contributed by atoms with Crippen LogP contribution in [0.2, 0.25) is 5.02 Å². The van der Waals surface area contributed by atoms with Crippen LogP contribution in [0, 0.1) is 0 Å². The molecule has 0 saturated carbocycles. The molecule has 4 rings (SSSR count). The first-order valence-corrected chi connectivity index (χ1v) is 11.2. The molecule has 2 amide bonds. The number of hydrogen-bond donors (Lipinski definition) is 1. The molecule has 3 aromatic rings. The molecule has 0 aromatic heterocycles. The number of halogens is 1. The van der Waals surface area contributed by atoms with Crippen molar-refractivity contribution >= 4 is 46.6 Å². The minimum absolute atomic E-state index is 0.0809. The highest BCUT2D eigenvalue weighted by molar-refractivity contribution is 8.00. The lowest BCUT2D eigenvalue weighted by Crippen LogP contribution is -2.27. The minimum Gasteiger partial charge on any atom is -0.322 e. The Morgan fingerprint density at radius 2 is 1.83 bits per heavy atom. The highest BCUT2D eigenvalue weighted by atomic mass is 35.5. The van der Waals surface area contributed by atoms with Crippen LogP contribution in [0.25, 0.3) is 0 Å². The fraction of sp³-hybridized carbons (Fsp3) is 0.167. The molecule has 3 aromatic carbocycles. The maximum absolute atomic E-state index is 12.5. The molecular weight excluding hydrogens is 416 g/mol. The lowest BCUT2D eigenvalue weighted by molar-refractivity contribution is -0.115. The van der Waals surface area contributed by atoms with Gasteiger partial charge in [0.25, 0.3) is 5.91 Å². The predicted octanol–water partition coefficient (Wildman–Crippen LogP) is 5.93. The summed E-state index contributed by atoms with van der Waals surface area (Å²) >= 11 is 7.57. The van der Waals surface area contributed by atoms with Gasteiger partial charge in [0, 0.05) is 22.0 Å². The van der Waals surface area contributed by atoms with E-state index in [4.69, 9.17) is 11.6 Å². The van der Waals surface area contributed by atoms with E-state index in [-0.39, 0.29) is 17.2 Å². The van der Waals surface area contributed by atoms with E-state index in [1.807, 2.05) is 41.3 Å². The van der Waals surface area contributed by atoms with Crippen molar-refractivity contribution in [1.82, 2.24) is 0 Å². The van der Waals surface area contributed by atoms with Crippen molar-refractivity contribution in [1.29, 1.82) is 0 Å².